The molecule has 1 amide bonds. The maximum absolute atomic E-state index is 12.5. The van der Waals surface area contributed by atoms with Crippen molar-refractivity contribution >= 4 is 34.3 Å². The van der Waals surface area contributed by atoms with Gasteiger partial charge >= 0.3 is 0 Å². The minimum absolute atomic E-state index is 0.0342. The molecule has 1 heterocycles. The van der Waals surface area contributed by atoms with Crippen LogP contribution in [0.3, 0.4) is 0 Å². The van der Waals surface area contributed by atoms with Crippen molar-refractivity contribution in [3.63, 3.8) is 0 Å². The molecule has 27 heavy (non-hydrogen) atoms. The van der Waals surface area contributed by atoms with Gasteiger partial charge in [0.1, 0.15) is 5.75 Å². The quantitative estimate of drug-likeness (QED) is 0.761. The van der Waals surface area contributed by atoms with Gasteiger partial charge in [0.05, 0.1) is 17.5 Å². The van der Waals surface area contributed by atoms with Gasteiger partial charge in [-0.2, -0.15) is 0 Å². The molecule has 0 spiro atoms. The van der Waals surface area contributed by atoms with Gasteiger partial charge in [-0.05, 0) is 62.2 Å². The Morgan fingerprint density at radius 2 is 1.89 bits per heavy atom. The Hall–Kier alpha value is -2.60. The van der Waals surface area contributed by atoms with Crippen molar-refractivity contribution in [2.24, 2.45) is 4.99 Å². The maximum Gasteiger partial charge on any atom is 0.240 e. The highest BCUT2D eigenvalue weighted by Gasteiger charge is 2.32. The molecule has 0 saturated carbocycles. The van der Waals surface area contributed by atoms with Gasteiger partial charge in [0.2, 0.25) is 5.91 Å². The summed E-state index contributed by atoms with van der Waals surface area (Å²) in [4.78, 5) is 29.2. The summed E-state index contributed by atoms with van der Waals surface area (Å²) in [6.07, 6.45) is 0.154. The minimum Gasteiger partial charge on any atom is -0.494 e. The molecule has 0 bridgehead atoms. The first-order valence-electron chi connectivity index (χ1n) is 8.86. The maximum atomic E-state index is 12.5. The van der Waals surface area contributed by atoms with E-state index in [4.69, 9.17) is 4.74 Å². The molecule has 1 N–H and O–H groups in total. The number of carbonyl (C=O) groups excluding carboxylic acids is 2. The number of thioether (sulfide) groups is 1. The topological polar surface area (TPSA) is 67.8 Å². The smallest absolute Gasteiger partial charge is 0.240 e. The third-order valence-electron chi connectivity index (χ3n) is 4.35. The normalized spacial score (nSPS) is 17.8. The van der Waals surface area contributed by atoms with E-state index in [2.05, 4.69) is 10.3 Å². The molecule has 1 atom stereocenters. The predicted octanol–water partition coefficient (Wildman–Crippen LogP) is 4.19. The fourth-order valence-corrected chi connectivity index (χ4v) is 3.68. The summed E-state index contributed by atoms with van der Waals surface area (Å²) in [5.74, 6) is 0.566. The molecular weight excluding hydrogens is 360 g/mol. The van der Waals surface area contributed by atoms with Gasteiger partial charge < -0.3 is 10.1 Å². The highest BCUT2D eigenvalue weighted by molar-refractivity contribution is 8.15. The molecule has 1 aliphatic heterocycles. The third-order valence-corrected chi connectivity index (χ3v) is 5.44. The lowest BCUT2D eigenvalue weighted by Crippen LogP contribution is -2.26. The van der Waals surface area contributed by atoms with Crippen molar-refractivity contribution in [3.8, 4) is 5.75 Å². The summed E-state index contributed by atoms with van der Waals surface area (Å²) >= 11 is 1.30. The van der Waals surface area contributed by atoms with Crippen LogP contribution in [-0.2, 0) is 4.79 Å². The molecule has 1 fully saturated rings. The zero-order valence-electron chi connectivity index (χ0n) is 15.6. The van der Waals surface area contributed by atoms with Gasteiger partial charge in [-0.25, -0.2) is 4.99 Å². The molecule has 0 radical (unpaired) electrons. The molecule has 140 valence electrons. The van der Waals surface area contributed by atoms with Crippen LogP contribution in [0.2, 0.25) is 0 Å². The number of carbonyl (C=O) groups is 2. The average molecular weight is 382 g/mol. The van der Waals surface area contributed by atoms with Crippen molar-refractivity contribution < 1.29 is 14.3 Å². The zero-order valence-corrected chi connectivity index (χ0v) is 16.4. The Morgan fingerprint density at radius 1 is 1.15 bits per heavy atom. The van der Waals surface area contributed by atoms with E-state index in [-0.39, 0.29) is 18.1 Å². The van der Waals surface area contributed by atoms with Crippen LogP contribution in [0.1, 0.15) is 34.8 Å². The summed E-state index contributed by atoms with van der Waals surface area (Å²) < 4.78 is 5.41. The summed E-state index contributed by atoms with van der Waals surface area (Å²) in [7, 11) is 0. The van der Waals surface area contributed by atoms with E-state index in [0.717, 1.165) is 22.6 Å². The van der Waals surface area contributed by atoms with Crippen LogP contribution >= 0.6 is 11.8 Å². The highest BCUT2D eigenvalue weighted by atomic mass is 32.2. The fraction of sp³-hybridized carbons (Fsp3) is 0.286. The molecular formula is C21H22N2O3S. The number of nitrogens with one attached hydrogen (secondary N) is 1. The summed E-state index contributed by atoms with van der Waals surface area (Å²) in [6.45, 7) is 6.52. The van der Waals surface area contributed by atoms with Crippen molar-refractivity contribution in [1.29, 1.82) is 0 Å². The Bertz CT molecular complexity index is 891. The lowest BCUT2D eigenvalue weighted by molar-refractivity contribution is -0.118. The van der Waals surface area contributed by atoms with Gasteiger partial charge in [-0.1, -0.05) is 23.9 Å². The molecule has 1 saturated heterocycles. The second-order valence-electron chi connectivity index (χ2n) is 6.37. The van der Waals surface area contributed by atoms with E-state index in [9.17, 15) is 9.59 Å². The number of amidine groups is 1. The number of rotatable bonds is 6. The van der Waals surface area contributed by atoms with Gasteiger partial charge in [-0.3, -0.25) is 9.59 Å². The van der Waals surface area contributed by atoms with Gasteiger partial charge in [0, 0.05) is 12.0 Å². The Labute approximate surface area is 163 Å². The standard InChI is InChI=1S/C21H22N2O3S/c1-4-26-17-9-7-16(8-10-17)22-21-23-20(25)19(27-21)12-18(24)15-6-5-13(2)14(3)11-15/h5-11,19H,4,12H2,1-3H3,(H,22,23,25). The Balaban J connectivity index is 1.66. The first kappa shape index (κ1) is 19.2. The van der Waals surface area contributed by atoms with Crippen LogP contribution in [0.15, 0.2) is 47.5 Å². The molecule has 5 nitrogen and oxygen atoms in total. The van der Waals surface area contributed by atoms with E-state index in [0.29, 0.717) is 17.3 Å². The first-order valence-corrected chi connectivity index (χ1v) is 9.73. The van der Waals surface area contributed by atoms with Gasteiger partial charge in [0.15, 0.2) is 11.0 Å². The third kappa shape index (κ3) is 4.77. The van der Waals surface area contributed by atoms with Crippen LogP contribution in [-0.4, -0.2) is 28.7 Å². The lowest BCUT2D eigenvalue weighted by atomic mass is 10.0. The summed E-state index contributed by atoms with van der Waals surface area (Å²) in [5.41, 5.74) is 3.58. The molecule has 3 rings (SSSR count). The van der Waals surface area contributed by atoms with Crippen LogP contribution in [0.25, 0.3) is 0 Å². The lowest BCUT2D eigenvalue weighted by Gasteiger charge is -2.07. The van der Waals surface area contributed by atoms with Crippen molar-refractivity contribution in [2.75, 3.05) is 6.61 Å². The Morgan fingerprint density at radius 3 is 2.56 bits per heavy atom. The van der Waals surface area contributed by atoms with Crippen LogP contribution in [0.4, 0.5) is 5.69 Å². The number of nitrogens with zero attached hydrogens (tertiary/aromatic N) is 1. The van der Waals surface area contributed by atoms with Crippen molar-refractivity contribution in [1.82, 2.24) is 5.32 Å². The molecule has 0 aliphatic carbocycles. The number of ether oxygens (including phenoxy) is 1. The van der Waals surface area contributed by atoms with Gasteiger partial charge in [0.25, 0.3) is 0 Å². The van der Waals surface area contributed by atoms with E-state index in [1.165, 1.54) is 11.8 Å². The van der Waals surface area contributed by atoms with E-state index in [1.807, 2.05) is 63.2 Å². The monoisotopic (exact) mass is 382 g/mol. The number of hydrogen-bond acceptors (Lipinski definition) is 5. The Kier molecular flexibility index (Phi) is 5.96. The van der Waals surface area contributed by atoms with Crippen molar-refractivity contribution in [2.45, 2.75) is 32.4 Å². The fourth-order valence-electron chi connectivity index (χ4n) is 2.69. The summed E-state index contributed by atoms with van der Waals surface area (Å²) in [5, 5.41) is 2.82. The van der Waals surface area contributed by atoms with Crippen molar-refractivity contribution in [3.05, 3.63) is 59.2 Å². The summed E-state index contributed by atoms with van der Waals surface area (Å²) in [6, 6.07) is 13.0. The predicted molar refractivity (Wildman–Crippen MR) is 109 cm³/mol. The number of Topliss-reactive ketones (excluding diaryl/α,β-unsaturated/α-hetero) is 1. The molecule has 2 aromatic carbocycles. The average Bonchev–Trinajstić information content (AvgIpc) is 2.98. The zero-order chi connectivity index (χ0) is 19.4. The second-order valence-corrected chi connectivity index (χ2v) is 7.56. The number of aliphatic imine (C=N–C) groups is 1. The minimum atomic E-state index is -0.458. The molecule has 1 unspecified atom stereocenters. The number of aryl methyl sites for hydroxylation is 2. The molecule has 2 aromatic rings. The molecule has 0 aromatic heterocycles. The molecule has 6 heteroatoms. The SMILES string of the molecule is CCOc1ccc(N=C2NC(=O)C(CC(=O)c3ccc(C)c(C)c3)S2)cc1. The molecule has 1 aliphatic rings. The van der Waals surface area contributed by atoms with E-state index in [1.54, 1.807) is 0 Å². The largest absolute Gasteiger partial charge is 0.494 e. The van der Waals surface area contributed by atoms with Gasteiger partial charge in [-0.15, -0.1) is 0 Å². The number of amides is 1. The second kappa shape index (κ2) is 8.39. The number of ketones is 1. The highest BCUT2D eigenvalue weighted by Crippen LogP contribution is 2.27. The van der Waals surface area contributed by atoms with Crippen LogP contribution in [0.5, 0.6) is 5.75 Å². The van der Waals surface area contributed by atoms with Crippen LogP contribution < -0.4 is 10.1 Å². The number of benzene rings is 2. The van der Waals surface area contributed by atoms with E-state index >= 15 is 0 Å². The number of hydrogen-bond donors (Lipinski definition) is 1. The van der Waals surface area contributed by atoms with E-state index < -0.39 is 5.25 Å². The first-order chi connectivity index (χ1) is 13.0. The van der Waals surface area contributed by atoms with Crippen LogP contribution in [0, 0.1) is 13.8 Å².